The van der Waals surface area contributed by atoms with Crippen molar-refractivity contribution in [3.05, 3.63) is 46.8 Å². The van der Waals surface area contributed by atoms with Gasteiger partial charge in [-0.3, -0.25) is 15.5 Å². The monoisotopic (exact) mass is 272 g/mol. The third-order valence-corrected chi connectivity index (χ3v) is 2.04. The molecule has 8 nitrogen and oxygen atoms in total. The largest absolute Gasteiger partial charge is 0.307 e. The van der Waals surface area contributed by atoms with Crippen LogP contribution in [0.25, 0.3) is 0 Å². The van der Waals surface area contributed by atoms with Crippen molar-refractivity contribution in [1.29, 1.82) is 5.41 Å². The lowest BCUT2D eigenvalue weighted by atomic mass is 10.4. The van der Waals surface area contributed by atoms with E-state index in [0.717, 1.165) is 12.3 Å². The number of hydrogen-bond donors (Lipinski definition) is 3. The fraction of sp³-hybridized carbons (Fsp3) is 0.111. The molecule has 0 fully saturated rings. The Morgan fingerprint density at radius 3 is 2.61 bits per heavy atom. The van der Waals surface area contributed by atoms with Gasteiger partial charge in [-0.1, -0.05) is 6.58 Å². The van der Waals surface area contributed by atoms with Crippen LogP contribution < -0.4 is 5.43 Å². The minimum Gasteiger partial charge on any atom is -0.307 e. The van der Waals surface area contributed by atoms with Crippen LogP contribution in [0.1, 0.15) is 0 Å². The molecule has 3 N–H and O–H groups in total. The molecule has 0 aromatic carbocycles. The summed E-state index contributed by atoms with van der Waals surface area (Å²) in [7, 11) is 0. The van der Waals surface area contributed by atoms with Gasteiger partial charge in [-0.05, 0) is 12.7 Å². The summed E-state index contributed by atoms with van der Waals surface area (Å²) in [6, 6.07) is 0. The smallest absolute Gasteiger partial charge is 0.262 e. The van der Waals surface area contributed by atoms with E-state index >= 15 is 0 Å². The third kappa shape index (κ3) is 7.19. The second-order valence-electron chi connectivity index (χ2n) is 2.93. The van der Waals surface area contributed by atoms with E-state index in [-0.39, 0.29) is 22.9 Å². The Kier molecular flexibility index (Phi) is 7.08. The normalized spacial score (nSPS) is 13.1. The Hall–Kier alpha value is -2.13. The van der Waals surface area contributed by atoms with Gasteiger partial charge in [0.25, 0.3) is 5.70 Å². The van der Waals surface area contributed by atoms with Crippen molar-refractivity contribution in [2.75, 3.05) is 5.75 Å². The quantitative estimate of drug-likeness (QED) is 0.196. The van der Waals surface area contributed by atoms with Crippen LogP contribution >= 0.6 is 0 Å². The molecule has 0 aliphatic rings. The van der Waals surface area contributed by atoms with Gasteiger partial charge in [-0.2, -0.15) is 5.10 Å². The second-order valence-corrected chi connectivity index (χ2v) is 3.86. The molecule has 0 aromatic rings. The van der Waals surface area contributed by atoms with Crippen molar-refractivity contribution >= 4 is 23.0 Å². The zero-order chi connectivity index (χ0) is 14.1. The fourth-order valence-electron chi connectivity index (χ4n) is 0.671. The van der Waals surface area contributed by atoms with E-state index in [9.17, 15) is 14.3 Å². The van der Waals surface area contributed by atoms with Gasteiger partial charge in [0.05, 0.1) is 16.4 Å². The predicted molar refractivity (Wildman–Crippen MR) is 69.4 cm³/mol. The Morgan fingerprint density at radius 2 is 2.17 bits per heavy atom. The summed E-state index contributed by atoms with van der Waals surface area (Å²) in [5.41, 5.74) is 2.31. The number of hydrogen-bond acceptors (Lipinski definition) is 6. The van der Waals surface area contributed by atoms with E-state index in [1.807, 2.05) is 0 Å². The first kappa shape index (κ1) is 15.9. The summed E-state index contributed by atoms with van der Waals surface area (Å²) in [5, 5.41) is 20.8. The van der Waals surface area contributed by atoms with Crippen LogP contribution in [0.2, 0.25) is 0 Å². The molecule has 0 amide bonds. The highest BCUT2D eigenvalue weighted by molar-refractivity contribution is 7.80. The molecular formula is C9H12N4O4S. The van der Waals surface area contributed by atoms with Crippen LogP contribution in [0.15, 0.2) is 41.8 Å². The molecule has 0 heterocycles. The number of nitrogens with zero attached hydrogens (tertiary/aromatic N) is 2. The molecule has 1 unspecified atom stereocenters. The van der Waals surface area contributed by atoms with Crippen molar-refractivity contribution in [2.45, 2.75) is 0 Å². The minimum absolute atomic E-state index is 0.0403. The van der Waals surface area contributed by atoms with Crippen molar-refractivity contribution in [3.8, 4) is 0 Å². The Morgan fingerprint density at radius 1 is 1.56 bits per heavy atom. The average molecular weight is 272 g/mol. The van der Waals surface area contributed by atoms with Gasteiger partial charge in [0, 0.05) is 18.0 Å². The minimum atomic E-state index is -2.10. The predicted octanol–water partition coefficient (Wildman–Crippen LogP) is 0.664. The molecule has 0 saturated carbocycles. The lowest BCUT2D eigenvalue weighted by Gasteiger charge is -2.00. The number of nitro groups is 1. The van der Waals surface area contributed by atoms with E-state index in [4.69, 9.17) is 9.96 Å². The SMILES string of the molecule is C=C(/C=C\C(=C)[N+](=O)[O-])NN=C(C=N)CS(=O)O. The highest BCUT2D eigenvalue weighted by atomic mass is 32.2. The maximum atomic E-state index is 10.5. The van der Waals surface area contributed by atoms with E-state index < -0.39 is 16.0 Å². The van der Waals surface area contributed by atoms with Gasteiger partial charge in [-0.25, -0.2) is 4.21 Å². The first-order chi connectivity index (χ1) is 8.36. The second kappa shape index (κ2) is 8.03. The summed E-state index contributed by atoms with van der Waals surface area (Å²) in [4.78, 5) is 9.57. The summed E-state index contributed by atoms with van der Waals surface area (Å²) in [5.74, 6) is -0.297. The molecule has 0 aliphatic heterocycles. The van der Waals surface area contributed by atoms with Gasteiger partial charge in [0.15, 0.2) is 11.1 Å². The van der Waals surface area contributed by atoms with Gasteiger partial charge < -0.3 is 9.96 Å². The maximum Gasteiger partial charge on any atom is 0.262 e. The molecule has 1 atom stereocenters. The molecule has 0 saturated heterocycles. The number of allylic oxidation sites excluding steroid dienone is 2. The van der Waals surface area contributed by atoms with Crippen LogP contribution in [0, 0.1) is 15.5 Å². The molecule has 0 aliphatic carbocycles. The molecule has 0 rings (SSSR count). The van der Waals surface area contributed by atoms with Crippen LogP contribution in [0.4, 0.5) is 0 Å². The Labute approximate surface area is 106 Å². The fourth-order valence-corrected chi connectivity index (χ4v) is 1.07. The molecule has 0 radical (unpaired) electrons. The van der Waals surface area contributed by atoms with Gasteiger partial charge in [0.2, 0.25) is 0 Å². The molecule has 0 spiro atoms. The summed E-state index contributed by atoms with van der Waals surface area (Å²) < 4.78 is 19.1. The van der Waals surface area contributed by atoms with Crippen LogP contribution in [-0.4, -0.2) is 31.4 Å². The highest BCUT2D eigenvalue weighted by Gasteiger charge is 2.01. The van der Waals surface area contributed by atoms with Crippen molar-refractivity contribution in [2.24, 2.45) is 5.10 Å². The van der Waals surface area contributed by atoms with Crippen molar-refractivity contribution < 1.29 is 13.7 Å². The molecular weight excluding hydrogens is 260 g/mol. The van der Waals surface area contributed by atoms with Crippen LogP contribution in [0.3, 0.4) is 0 Å². The van der Waals surface area contributed by atoms with Crippen molar-refractivity contribution in [3.63, 3.8) is 0 Å². The zero-order valence-corrected chi connectivity index (χ0v) is 10.1. The number of rotatable bonds is 8. The summed E-state index contributed by atoms with van der Waals surface area (Å²) >= 11 is -2.10. The molecule has 9 heteroatoms. The van der Waals surface area contributed by atoms with E-state index in [1.165, 1.54) is 6.08 Å². The first-order valence-electron chi connectivity index (χ1n) is 4.47. The number of hydrazone groups is 1. The molecule has 0 aromatic heterocycles. The lowest BCUT2D eigenvalue weighted by Crippen LogP contribution is -2.16. The Bertz CT molecular complexity index is 455. The lowest BCUT2D eigenvalue weighted by molar-refractivity contribution is -0.418. The van der Waals surface area contributed by atoms with Gasteiger partial charge in [-0.15, -0.1) is 0 Å². The standard InChI is InChI=1S/C9H12N4O4S/c1-7(3-4-8(2)13(14)15)11-12-9(5-10)6-18(16)17/h3-5,10-11H,1-2,6H2,(H,16,17)/b4-3-,10-5?,12-9?. The van der Waals surface area contributed by atoms with E-state index in [2.05, 4.69) is 23.7 Å². The maximum absolute atomic E-state index is 10.5. The van der Waals surface area contributed by atoms with E-state index in [0.29, 0.717) is 0 Å². The first-order valence-corrected chi connectivity index (χ1v) is 5.75. The Balaban J connectivity index is 4.44. The molecule has 18 heavy (non-hydrogen) atoms. The van der Waals surface area contributed by atoms with Crippen molar-refractivity contribution in [1.82, 2.24) is 5.43 Å². The van der Waals surface area contributed by atoms with Crippen LogP contribution in [0.5, 0.6) is 0 Å². The van der Waals surface area contributed by atoms with Gasteiger partial charge in [0.1, 0.15) is 0 Å². The molecule has 98 valence electrons. The summed E-state index contributed by atoms with van der Waals surface area (Å²) in [6.07, 6.45) is 3.21. The van der Waals surface area contributed by atoms with E-state index in [1.54, 1.807) is 0 Å². The molecule has 0 bridgehead atoms. The third-order valence-electron chi connectivity index (χ3n) is 1.49. The zero-order valence-electron chi connectivity index (χ0n) is 9.33. The van der Waals surface area contributed by atoms with Gasteiger partial charge >= 0.3 is 0 Å². The average Bonchev–Trinajstić information content (AvgIpc) is 2.30. The summed E-state index contributed by atoms with van der Waals surface area (Å²) in [6.45, 7) is 6.67. The highest BCUT2D eigenvalue weighted by Crippen LogP contribution is 1.96. The number of nitrogens with one attached hydrogen (secondary N) is 2. The topological polar surface area (TPSA) is 129 Å². The van der Waals surface area contributed by atoms with Crippen LogP contribution in [-0.2, 0) is 11.1 Å².